The summed E-state index contributed by atoms with van der Waals surface area (Å²) in [5, 5.41) is 2.42. The number of nitrogens with two attached hydrogens (primary N) is 1. The van der Waals surface area contributed by atoms with Gasteiger partial charge in [-0.05, 0) is 25.1 Å². The number of benzene rings is 1. The van der Waals surface area contributed by atoms with Crippen LogP contribution >= 0.6 is 11.3 Å². The average molecular weight is 275 g/mol. The van der Waals surface area contributed by atoms with Crippen molar-refractivity contribution in [3.8, 4) is 17.0 Å². The summed E-state index contributed by atoms with van der Waals surface area (Å²) in [4.78, 5) is 17.8. The first-order valence-electron chi connectivity index (χ1n) is 5.86. The number of aromatic nitrogens is 1. The Balaban J connectivity index is 2.07. The van der Waals surface area contributed by atoms with Crippen molar-refractivity contribution in [2.45, 2.75) is 13.0 Å². The Hall–Kier alpha value is -2.08. The summed E-state index contributed by atoms with van der Waals surface area (Å²) >= 11 is 1.39. The number of rotatable bonds is 1. The van der Waals surface area contributed by atoms with E-state index in [4.69, 9.17) is 10.5 Å². The molecule has 0 radical (unpaired) electrons. The Kier molecular flexibility index (Phi) is 2.67. The van der Waals surface area contributed by atoms with Crippen LogP contribution in [0.3, 0.4) is 0 Å². The zero-order valence-corrected chi connectivity index (χ0v) is 11.4. The number of carbonyl (C=O) groups is 1. The fraction of sp³-hybridized carbons (Fsp3) is 0.231. The molecule has 1 aliphatic heterocycles. The number of hydrogen-bond acceptors (Lipinski definition) is 5. The molecular formula is C13H13N3O2S. The van der Waals surface area contributed by atoms with E-state index in [9.17, 15) is 4.79 Å². The highest BCUT2D eigenvalue weighted by Gasteiger charge is 2.29. The van der Waals surface area contributed by atoms with Crippen LogP contribution in [0.5, 0.6) is 5.75 Å². The second-order valence-electron chi connectivity index (χ2n) is 4.41. The molecule has 0 fully saturated rings. The van der Waals surface area contributed by atoms with Gasteiger partial charge in [0, 0.05) is 18.0 Å². The maximum Gasteiger partial charge on any atom is 0.267 e. The van der Waals surface area contributed by atoms with Gasteiger partial charge in [0.25, 0.3) is 5.91 Å². The second-order valence-corrected chi connectivity index (χ2v) is 5.30. The molecule has 1 aromatic heterocycles. The molecular weight excluding hydrogens is 262 g/mol. The Morgan fingerprint density at radius 3 is 2.95 bits per heavy atom. The zero-order chi connectivity index (χ0) is 13.6. The van der Waals surface area contributed by atoms with Gasteiger partial charge in [-0.2, -0.15) is 0 Å². The first-order valence-corrected chi connectivity index (χ1v) is 6.74. The van der Waals surface area contributed by atoms with Crippen LogP contribution in [0.4, 0.5) is 10.8 Å². The summed E-state index contributed by atoms with van der Waals surface area (Å²) in [7, 11) is 1.75. The standard InChI is InChI=1S/C13H13N3O2S/c1-7-12(17)16(2)10-5-8(3-4-11(10)18-7)9-6-19-13(14)15-9/h3-7H,1-2H3,(H2,14,15)/t7-/m1/s1. The number of thiazole rings is 1. The molecule has 0 saturated heterocycles. The highest BCUT2D eigenvalue weighted by atomic mass is 32.1. The van der Waals surface area contributed by atoms with E-state index in [0.29, 0.717) is 10.9 Å². The highest BCUT2D eigenvalue weighted by molar-refractivity contribution is 7.13. The van der Waals surface area contributed by atoms with Gasteiger partial charge in [0.2, 0.25) is 0 Å². The zero-order valence-electron chi connectivity index (χ0n) is 10.6. The van der Waals surface area contributed by atoms with E-state index in [0.717, 1.165) is 16.9 Å². The minimum Gasteiger partial charge on any atom is -0.479 e. The smallest absolute Gasteiger partial charge is 0.267 e. The van der Waals surface area contributed by atoms with Crippen molar-refractivity contribution in [1.29, 1.82) is 0 Å². The number of carbonyl (C=O) groups excluding carboxylic acids is 1. The molecule has 19 heavy (non-hydrogen) atoms. The number of anilines is 2. The predicted octanol–water partition coefficient (Wildman–Crippen LogP) is 2.14. The van der Waals surface area contributed by atoms with Crippen molar-refractivity contribution >= 4 is 28.1 Å². The summed E-state index contributed by atoms with van der Waals surface area (Å²) in [6.07, 6.45) is -0.446. The van der Waals surface area contributed by atoms with Crippen molar-refractivity contribution in [1.82, 2.24) is 4.98 Å². The van der Waals surface area contributed by atoms with Gasteiger partial charge in [-0.25, -0.2) is 4.98 Å². The van der Waals surface area contributed by atoms with Gasteiger partial charge >= 0.3 is 0 Å². The second kappa shape index (κ2) is 4.24. The molecule has 0 bridgehead atoms. The van der Waals surface area contributed by atoms with Crippen LogP contribution in [0.1, 0.15) is 6.92 Å². The quantitative estimate of drug-likeness (QED) is 0.865. The lowest BCUT2D eigenvalue weighted by Gasteiger charge is -2.30. The van der Waals surface area contributed by atoms with Gasteiger partial charge in [0.1, 0.15) is 5.75 Å². The average Bonchev–Trinajstić information content (AvgIpc) is 2.83. The largest absolute Gasteiger partial charge is 0.479 e. The molecule has 1 aliphatic rings. The van der Waals surface area contributed by atoms with Crippen molar-refractivity contribution in [3.05, 3.63) is 23.6 Å². The number of fused-ring (bicyclic) bond motifs is 1. The molecule has 2 N–H and O–H groups in total. The molecule has 1 aromatic carbocycles. The molecule has 2 heterocycles. The number of nitrogens with zero attached hydrogens (tertiary/aromatic N) is 2. The summed E-state index contributed by atoms with van der Waals surface area (Å²) in [5.41, 5.74) is 8.13. The molecule has 0 unspecified atom stereocenters. The number of likely N-dealkylation sites (N-methyl/N-ethyl adjacent to an activating group) is 1. The van der Waals surface area contributed by atoms with Crippen molar-refractivity contribution in [3.63, 3.8) is 0 Å². The number of nitrogen functional groups attached to an aromatic ring is 1. The Morgan fingerprint density at radius 2 is 2.26 bits per heavy atom. The molecule has 1 atom stereocenters. The number of hydrogen-bond donors (Lipinski definition) is 1. The van der Waals surface area contributed by atoms with Crippen molar-refractivity contribution < 1.29 is 9.53 Å². The molecule has 6 heteroatoms. The third kappa shape index (κ3) is 1.94. The van der Waals surface area contributed by atoms with Gasteiger partial charge in [-0.15, -0.1) is 11.3 Å². The van der Waals surface area contributed by atoms with Crippen LogP contribution in [0.15, 0.2) is 23.6 Å². The summed E-state index contributed by atoms with van der Waals surface area (Å²) in [6.45, 7) is 1.75. The van der Waals surface area contributed by atoms with E-state index < -0.39 is 6.10 Å². The maximum atomic E-state index is 11.9. The minimum atomic E-state index is -0.446. The van der Waals surface area contributed by atoms with Gasteiger partial charge in [-0.3, -0.25) is 4.79 Å². The molecule has 3 rings (SSSR count). The molecule has 5 nitrogen and oxygen atoms in total. The van der Waals surface area contributed by atoms with E-state index in [1.54, 1.807) is 18.9 Å². The first-order chi connectivity index (χ1) is 9.06. The lowest BCUT2D eigenvalue weighted by Crippen LogP contribution is -2.41. The van der Waals surface area contributed by atoms with Crippen molar-refractivity contribution in [2.24, 2.45) is 0 Å². The third-order valence-electron chi connectivity index (χ3n) is 3.12. The fourth-order valence-corrected chi connectivity index (χ4v) is 2.66. The topological polar surface area (TPSA) is 68.5 Å². The molecule has 1 amide bonds. The number of amides is 1. The van der Waals surface area contributed by atoms with Crippen LogP contribution in [0.25, 0.3) is 11.3 Å². The molecule has 0 spiro atoms. The highest BCUT2D eigenvalue weighted by Crippen LogP contribution is 2.37. The number of ether oxygens (including phenoxy) is 1. The van der Waals surface area contributed by atoms with Crippen LogP contribution in [-0.2, 0) is 4.79 Å². The van der Waals surface area contributed by atoms with Crippen LogP contribution < -0.4 is 15.4 Å². The van der Waals surface area contributed by atoms with E-state index in [1.807, 2.05) is 23.6 Å². The Morgan fingerprint density at radius 1 is 1.47 bits per heavy atom. The van der Waals surface area contributed by atoms with Gasteiger partial charge < -0.3 is 15.4 Å². The van der Waals surface area contributed by atoms with Crippen LogP contribution in [-0.4, -0.2) is 24.0 Å². The van der Waals surface area contributed by atoms with E-state index >= 15 is 0 Å². The summed E-state index contributed by atoms with van der Waals surface area (Å²) in [5.74, 6) is 0.656. The van der Waals surface area contributed by atoms with Crippen LogP contribution in [0.2, 0.25) is 0 Å². The van der Waals surface area contributed by atoms with Gasteiger partial charge in [-0.1, -0.05) is 0 Å². The molecule has 0 aliphatic carbocycles. The van der Waals surface area contributed by atoms with E-state index in [-0.39, 0.29) is 5.91 Å². The lowest BCUT2D eigenvalue weighted by molar-refractivity contribution is -0.125. The SMILES string of the molecule is C[C@H]1Oc2ccc(-c3csc(N)n3)cc2N(C)C1=O. The van der Waals surface area contributed by atoms with E-state index in [2.05, 4.69) is 4.98 Å². The fourth-order valence-electron chi connectivity index (χ4n) is 2.09. The lowest BCUT2D eigenvalue weighted by atomic mass is 10.1. The Bertz CT molecular complexity index is 653. The maximum absolute atomic E-state index is 11.9. The van der Waals surface area contributed by atoms with Gasteiger partial charge in [0.05, 0.1) is 11.4 Å². The minimum absolute atomic E-state index is 0.0533. The normalized spacial score (nSPS) is 18.1. The summed E-state index contributed by atoms with van der Waals surface area (Å²) in [6, 6.07) is 5.68. The Labute approximate surface area is 114 Å². The molecule has 0 saturated carbocycles. The summed E-state index contributed by atoms with van der Waals surface area (Å²) < 4.78 is 5.58. The van der Waals surface area contributed by atoms with E-state index in [1.165, 1.54) is 11.3 Å². The predicted molar refractivity (Wildman–Crippen MR) is 75.5 cm³/mol. The van der Waals surface area contributed by atoms with Crippen LogP contribution in [0, 0.1) is 0 Å². The van der Waals surface area contributed by atoms with Crippen molar-refractivity contribution in [2.75, 3.05) is 17.7 Å². The monoisotopic (exact) mass is 275 g/mol. The molecule has 98 valence electrons. The first kappa shape index (κ1) is 12.0. The molecule has 2 aromatic rings. The van der Waals surface area contributed by atoms with Gasteiger partial charge in [0.15, 0.2) is 11.2 Å². The third-order valence-corrected chi connectivity index (χ3v) is 3.79.